The summed E-state index contributed by atoms with van der Waals surface area (Å²) in [7, 11) is 0. The van der Waals surface area contributed by atoms with Crippen molar-refractivity contribution < 1.29 is 4.74 Å². The zero-order valence-corrected chi connectivity index (χ0v) is 13.3. The minimum Gasteiger partial charge on any atom is -0.378 e. The Hall–Kier alpha value is -0.860. The van der Waals surface area contributed by atoms with Gasteiger partial charge in [0.1, 0.15) is 0 Å². The van der Waals surface area contributed by atoms with Gasteiger partial charge in [0.15, 0.2) is 0 Å². The van der Waals surface area contributed by atoms with E-state index in [0.717, 1.165) is 12.5 Å². The molecule has 1 atom stereocenters. The quantitative estimate of drug-likeness (QED) is 0.833. The molecule has 0 saturated heterocycles. The highest BCUT2D eigenvalue weighted by molar-refractivity contribution is 5.20. The summed E-state index contributed by atoms with van der Waals surface area (Å²) in [5, 5.41) is 3.95. The molecule has 0 heterocycles. The lowest BCUT2D eigenvalue weighted by Gasteiger charge is -2.41. The summed E-state index contributed by atoms with van der Waals surface area (Å²) in [4.78, 5) is 0. The van der Waals surface area contributed by atoms with Gasteiger partial charge in [-0.1, -0.05) is 49.6 Å². The van der Waals surface area contributed by atoms with Crippen molar-refractivity contribution in [3.63, 3.8) is 0 Å². The van der Waals surface area contributed by atoms with E-state index in [1.165, 1.54) is 50.5 Å². The van der Waals surface area contributed by atoms with Gasteiger partial charge in [0, 0.05) is 18.7 Å². The van der Waals surface area contributed by atoms with Crippen molar-refractivity contribution >= 4 is 0 Å². The van der Waals surface area contributed by atoms with Crippen LogP contribution in [0.3, 0.4) is 0 Å². The van der Waals surface area contributed by atoms with Crippen molar-refractivity contribution in [2.75, 3.05) is 6.61 Å². The fourth-order valence-corrected chi connectivity index (χ4v) is 3.96. The van der Waals surface area contributed by atoms with Crippen LogP contribution < -0.4 is 5.32 Å². The first kappa shape index (κ1) is 15.1. The molecule has 2 nitrogen and oxygen atoms in total. The van der Waals surface area contributed by atoms with Gasteiger partial charge in [-0.3, -0.25) is 0 Å². The fourth-order valence-electron chi connectivity index (χ4n) is 3.96. The molecule has 0 amide bonds. The second-order valence-electron chi connectivity index (χ2n) is 6.70. The number of nitrogens with one attached hydrogen (secondary N) is 1. The third-order valence-electron chi connectivity index (χ3n) is 5.19. The predicted octanol–water partition coefficient (Wildman–Crippen LogP) is 4.47. The monoisotopic (exact) mass is 287 g/mol. The van der Waals surface area contributed by atoms with Crippen molar-refractivity contribution in [2.24, 2.45) is 5.92 Å². The van der Waals surface area contributed by atoms with Gasteiger partial charge in [-0.15, -0.1) is 0 Å². The number of hydrogen-bond donors (Lipinski definition) is 1. The van der Waals surface area contributed by atoms with E-state index in [0.29, 0.717) is 18.2 Å². The van der Waals surface area contributed by atoms with Crippen LogP contribution in [0.15, 0.2) is 30.3 Å². The highest BCUT2D eigenvalue weighted by atomic mass is 16.5. The molecule has 1 aromatic carbocycles. The fraction of sp³-hybridized carbons (Fsp3) is 0.684. The highest BCUT2D eigenvalue weighted by Crippen LogP contribution is 2.36. The Morgan fingerprint density at radius 3 is 2.48 bits per heavy atom. The molecule has 116 valence electrons. The zero-order valence-electron chi connectivity index (χ0n) is 13.3. The van der Waals surface area contributed by atoms with E-state index >= 15 is 0 Å². The molecule has 21 heavy (non-hydrogen) atoms. The molecule has 2 aliphatic carbocycles. The van der Waals surface area contributed by atoms with E-state index in [1.807, 2.05) is 0 Å². The standard InChI is InChI=1S/C19H29NO/c1-2-21-18-13-17(14-18)20-19(15-9-5-3-6-10-15)16-11-7-4-8-12-16/h3,5-6,9-10,16-20H,2,4,7-8,11-14H2,1H3. The van der Waals surface area contributed by atoms with Crippen LogP contribution in [-0.2, 0) is 4.74 Å². The van der Waals surface area contributed by atoms with E-state index < -0.39 is 0 Å². The molecule has 2 heteroatoms. The molecule has 2 saturated carbocycles. The second kappa shape index (κ2) is 7.42. The molecule has 1 unspecified atom stereocenters. The van der Waals surface area contributed by atoms with Crippen molar-refractivity contribution in [2.45, 2.75) is 70.1 Å². The molecular weight excluding hydrogens is 258 g/mol. The van der Waals surface area contributed by atoms with Crippen molar-refractivity contribution in [3.05, 3.63) is 35.9 Å². The smallest absolute Gasteiger partial charge is 0.0604 e. The van der Waals surface area contributed by atoms with Gasteiger partial charge < -0.3 is 10.1 Å². The molecule has 2 aliphatic rings. The SMILES string of the molecule is CCOC1CC(NC(c2ccccc2)C2CCCCC2)C1. The maximum absolute atomic E-state index is 5.70. The van der Waals surface area contributed by atoms with Crippen LogP contribution in [-0.4, -0.2) is 18.8 Å². The number of ether oxygens (including phenoxy) is 1. The molecule has 2 fully saturated rings. The molecule has 1 aromatic rings. The molecule has 0 bridgehead atoms. The summed E-state index contributed by atoms with van der Waals surface area (Å²) in [6.07, 6.45) is 9.86. The first-order valence-corrected chi connectivity index (χ1v) is 8.79. The van der Waals surface area contributed by atoms with Crippen LogP contribution >= 0.6 is 0 Å². The van der Waals surface area contributed by atoms with Crippen LogP contribution in [0.25, 0.3) is 0 Å². The van der Waals surface area contributed by atoms with Crippen molar-refractivity contribution in [1.29, 1.82) is 0 Å². The lowest BCUT2D eigenvalue weighted by atomic mass is 9.79. The number of hydrogen-bond acceptors (Lipinski definition) is 2. The van der Waals surface area contributed by atoms with Crippen molar-refractivity contribution in [3.8, 4) is 0 Å². The van der Waals surface area contributed by atoms with Gasteiger partial charge in [0.05, 0.1) is 6.10 Å². The second-order valence-corrected chi connectivity index (χ2v) is 6.70. The Morgan fingerprint density at radius 2 is 1.81 bits per heavy atom. The van der Waals surface area contributed by atoms with E-state index in [2.05, 4.69) is 42.6 Å². The largest absolute Gasteiger partial charge is 0.378 e. The van der Waals surface area contributed by atoms with Gasteiger partial charge in [-0.25, -0.2) is 0 Å². The van der Waals surface area contributed by atoms with Gasteiger partial charge in [0.25, 0.3) is 0 Å². The van der Waals surface area contributed by atoms with E-state index in [9.17, 15) is 0 Å². The average molecular weight is 287 g/mol. The topological polar surface area (TPSA) is 21.3 Å². The summed E-state index contributed by atoms with van der Waals surface area (Å²) in [6, 6.07) is 12.3. The van der Waals surface area contributed by atoms with Crippen LogP contribution in [0.1, 0.15) is 63.5 Å². The predicted molar refractivity (Wildman–Crippen MR) is 87.3 cm³/mol. The van der Waals surface area contributed by atoms with Crippen LogP contribution in [0.5, 0.6) is 0 Å². The van der Waals surface area contributed by atoms with E-state index in [1.54, 1.807) is 0 Å². The van der Waals surface area contributed by atoms with Crippen LogP contribution in [0.2, 0.25) is 0 Å². The molecule has 3 rings (SSSR count). The van der Waals surface area contributed by atoms with E-state index in [-0.39, 0.29) is 0 Å². The minimum absolute atomic E-state index is 0.496. The molecule has 0 aromatic heterocycles. The maximum Gasteiger partial charge on any atom is 0.0604 e. The number of rotatable bonds is 6. The highest BCUT2D eigenvalue weighted by Gasteiger charge is 2.34. The van der Waals surface area contributed by atoms with Gasteiger partial charge in [0.2, 0.25) is 0 Å². The average Bonchev–Trinajstić information content (AvgIpc) is 2.51. The summed E-state index contributed by atoms with van der Waals surface area (Å²) in [5.74, 6) is 0.812. The first-order chi connectivity index (χ1) is 10.4. The molecule has 0 spiro atoms. The summed E-state index contributed by atoms with van der Waals surface area (Å²) in [5.41, 5.74) is 1.48. The first-order valence-electron chi connectivity index (χ1n) is 8.79. The molecule has 0 radical (unpaired) electrons. The van der Waals surface area contributed by atoms with E-state index in [4.69, 9.17) is 4.74 Å². The Kier molecular flexibility index (Phi) is 5.32. The maximum atomic E-state index is 5.70. The summed E-state index contributed by atoms with van der Waals surface area (Å²) in [6.45, 7) is 2.94. The summed E-state index contributed by atoms with van der Waals surface area (Å²) >= 11 is 0. The third kappa shape index (κ3) is 3.87. The van der Waals surface area contributed by atoms with Gasteiger partial charge >= 0.3 is 0 Å². The minimum atomic E-state index is 0.496. The molecular formula is C19H29NO. The summed E-state index contributed by atoms with van der Waals surface area (Å²) < 4.78 is 5.70. The number of benzene rings is 1. The Balaban J connectivity index is 1.62. The van der Waals surface area contributed by atoms with Gasteiger partial charge in [-0.2, -0.15) is 0 Å². The van der Waals surface area contributed by atoms with Crippen molar-refractivity contribution in [1.82, 2.24) is 5.32 Å². The lowest BCUT2D eigenvalue weighted by Crippen LogP contribution is -2.48. The van der Waals surface area contributed by atoms with Crippen LogP contribution in [0.4, 0.5) is 0 Å². The third-order valence-corrected chi connectivity index (χ3v) is 5.19. The zero-order chi connectivity index (χ0) is 14.5. The Labute approximate surface area is 129 Å². The van der Waals surface area contributed by atoms with Gasteiger partial charge in [-0.05, 0) is 44.1 Å². The lowest BCUT2D eigenvalue weighted by molar-refractivity contribution is -0.0149. The Morgan fingerprint density at radius 1 is 1.10 bits per heavy atom. The molecule has 1 N–H and O–H groups in total. The van der Waals surface area contributed by atoms with Crippen LogP contribution in [0, 0.1) is 5.92 Å². The Bertz CT molecular complexity index is 407. The normalized spacial score (nSPS) is 28.0. The molecule has 0 aliphatic heterocycles.